The summed E-state index contributed by atoms with van der Waals surface area (Å²) in [5.41, 5.74) is -0.278. The molecule has 0 aliphatic carbocycles. The zero-order valence-electron chi connectivity index (χ0n) is 6.70. The summed E-state index contributed by atoms with van der Waals surface area (Å²) in [6, 6.07) is 0. The van der Waals surface area contributed by atoms with Crippen LogP contribution in [0, 0.1) is 0 Å². The number of rotatable bonds is 4. The second-order valence-corrected chi connectivity index (χ2v) is 2.21. The van der Waals surface area contributed by atoms with Gasteiger partial charge in [0.05, 0.1) is 5.57 Å². The van der Waals surface area contributed by atoms with E-state index >= 15 is 0 Å². The van der Waals surface area contributed by atoms with Crippen molar-refractivity contribution in [2.75, 3.05) is 0 Å². The van der Waals surface area contributed by atoms with Crippen LogP contribution in [-0.2, 0) is 9.59 Å². The molecule has 0 saturated carbocycles. The van der Waals surface area contributed by atoms with Crippen molar-refractivity contribution < 1.29 is 19.8 Å². The van der Waals surface area contributed by atoms with E-state index < -0.39 is 11.9 Å². The van der Waals surface area contributed by atoms with Crippen molar-refractivity contribution in [1.29, 1.82) is 0 Å². The summed E-state index contributed by atoms with van der Waals surface area (Å²) in [6.45, 7) is 4.59. The van der Waals surface area contributed by atoms with E-state index in [4.69, 9.17) is 10.2 Å². The van der Waals surface area contributed by atoms with Gasteiger partial charge in [-0.05, 0) is 13.3 Å². The first-order chi connectivity index (χ1) is 5.50. The Balaban J connectivity index is 4.92. The van der Waals surface area contributed by atoms with Gasteiger partial charge in [-0.15, -0.1) is 6.58 Å². The number of carboxylic acid groups (broad SMARTS) is 2. The molecule has 0 atom stereocenters. The average Bonchev–Trinajstić information content (AvgIpc) is 1.98. The Morgan fingerprint density at radius 1 is 1.33 bits per heavy atom. The fourth-order valence-corrected chi connectivity index (χ4v) is 0.674. The monoisotopic (exact) mass is 170 g/mol. The summed E-state index contributed by atoms with van der Waals surface area (Å²) in [4.78, 5) is 20.8. The summed E-state index contributed by atoms with van der Waals surface area (Å²) in [6.07, 6.45) is 1.42. The Kier molecular flexibility index (Phi) is 3.76. The van der Waals surface area contributed by atoms with Crippen LogP contribution >= 0.6 is 0 Å². The number of hydrogen-bond donors (Lipinski definition) is 2. The number of aliphatic carboxylic acids is 2. The summed E-state index contributed by atoms with van der Waals surface area (Å²) in [5.74, 6) is -2.43. The molecule has 0 saturated heterocycles. The van der Waals surface area contributed by atoms with E-state index in [-0.39, 0.29) is 17.6 Å². The van der Waals surface area contributed by atoms with Crippen LogP contribution in [0.4, 0.5) is 0 Å². The van der Waals surface area contributed by atoms with Crippen LogP contribution in [0.1, 0.15) is 13.3 Å². The highest BCUT2D eigenvalue weighted by Crippen LogP contribution is 2.09. The zero-order valence-corrected chi connectivity index (χ0v) is 6.70. The smallest absolute Gasteiger partial charge is 0.332 e. The lowest BCUT2D eigenvalue weighted by Crippen LogP contribution is -2.08. The van der Waals surface area contributed by atoms with Gasteiger partial charge >= 0.3 is 11.9 Å². The average molecular weight is 170 g/mol. The molecule has 0 unspecified atom stereocenters. The lowest BCUT2D eigenvalue weighted by atomic mass is 10.1. The Morgan fingerprint density at radius 3 is 2.08 bits per heavy atom. The van der Waals surface area contributed by atoms with E-state index in [0.717, 1.165) is 0 Å². The SMILES string of the molecule is C=CC/C(C(=O)O)=C(\C)C(=O)O. The predicted molar refractivity (Wildman–Crippen MR) is 42.8 cm³/mol. The predicted octanol–water partition coefficient (Wildman–Crippen LogP) is 1.05. The lowest BCUT2D eigenvalue weighted by molar-refractivity contribution is -0.135. The Bertz CT molecular complexity index is 250. The van der Waals surface area contributed by atoms with Gasteiger partial charge in [0.1, 0.15) is 0 Å². The topological polar surface area (TPSA) is 74.6 Å². The minimum Gasteiger partial charge on any atom is -0.478 e. The molecule has 12 heavy (non-hydrogen) atoms. The highest BCUT2D eigenvalue weighted by atomic mass is 16.4. The third-order valence-electron chi connectivity index (χ3n) is 1.38. The van der Waals surface area contributed by atoms with E-state index in [1.54, 1.807) is 0 Å². The molecule has 0 aromatic rings. The molecular formula is C8H10O4. The molecule has 0 spiro atoms. The van der Waals surface area contributed by atoms with Crippen molar-refractivity contribution in [2.45, 2.75) is 13.3 Å². The van der Waals surface area contributed by atoms with Crippen molar-refractivity contribution in [3.05, 3.63) is 23.8 Å². The molecule has 0 rings (SSSR count). The first kappa shape index (κ1) is 10.4. The maximum Gasteiger partial charge on any atom is 0.332 e. The van der Waals surface area contributed by atoms with Gasteiger partial charge in [-0.3, -0.25) is 0 Å². The van der Waals surface area contributed by atoms with E-state index in [1.165, 1.54) is 13.0 Å². The molecular weight excluding hydrogens is 160 g/mol. The minimum absolute atomic E-state index is 0.0630. The summed E-state index contributed by atoms with van der Waals surface area (Å²) in [7, 11) is 0. The fraction of sp³-hybridized carbons (Fsp3) is 0.250. The van der Waals surface area contributed by atoms with Gasteiger partial charge in [-0.2, -0.15) is 0 Å². The summed E-state index contributed by atoms with van der Waals surface area (Å²) in [5, 5.41) is 17.0. The molecule has 0 aliphatic heterocycles. The second kappa shape index (κ2) is 4.33. The van der Waals surface area contributed by atoms with Crippen LogP contribution in [0.3, 0.4) is 0 Å². The van der Waals surface area contributed by atoms with Gasteiger partial charge in [0.2, 0.25) is 0 Å². The summed E-state index contributed by atoms with van der Waals surface area (Å²) < 4.78 is 0. The molecule has 2 N–H and O–H groups in total. The van der Waals surface area contributed by atoms with Crippen LogP contribution < -0.4 is 0 Å². The molecule has 0 bridgehead atoms. The van der Waals surface area contributed by atoms with Crippen LogP contribution in [0.5, 0.6) is 0 Å². The second-order valence-electron chi connectivity index (χ2n) is 2.21. The molecule has 0 heterocycles. The molecule has 0 aromatic heterocycles. The number of carbonyl (C=O) groups is 2. The van der Waals surface area contributed by atoms with Gasteiger partial charge < -0.3 is 10.2 Å². The van der Waals surface area contributed by atoms with Gasteiger partial charge in [-0.25, -0.2) is 9.59 Å². The highest BCUT2D eigenvalue weighted by Gasteiger charge is 2.13. The molecule has 66 valence electrons. The van der Waals surface area contributed by atoms with Crippen molar-refractivity contribution in [3.8, 4) is 0 Å². The molecule has 4 heteroatoms. The fourth-order valence-electron chi connectivity index (χ4n) is 0.674. The third kappa shape index (κ3) is 2.57. The first-order valence-corrected chi connectivity index (χ1v) is 3.28. The van der Waals surface area contributed by atoms with Gasteiger partial charge in [0, 0.05) is 5.57 Å². The van der Waals surface area contributed by atoms with Gasteiger partial charge in [0.15, 0.2) is 0 Å². The zero-order chi connectivity index (χ0) is 9.72. The standard InChI is InChI=1S/C8H10O4/c1-3-4-6(8(11)12)5(2)7(9)10/h3H,1,4H2,2H3,(H,9,10)(H,11,12)/b6-5-. The number of allylic oxidation sites excluding steroid dienone is 1. The van der Waals surface area contributed by atoms with Crippen LogP contribution in [0.15, 0.2) is 23.8 Å². The normalized spacial score (nSPS) is 11.8. The molecule has 0 aliphatic rings. The largest absolute Gasteiger partial charge is 0.478 e. The molecule has 0 radical (unpaired) electrons. The molecule has 4 nitrogen and oxygen atoms in total. The van der Waals surface area contributed by atoms with Crippen LogP contribution in [-0.4, -0.2) is 22.2 Å². The number of hydrogen-bond acceptors (Lipinski definition) is 2. The van der Waals surface area contributed by atoms with Crippen molar-refractivity contribution in [2.24, 2.45) is 0 Å². The van der Waals surface area contributed by atoms with E-state index in [2.05, 4.69) is 6.58 Å². The first-order valence-electron chi connectivity index (χ1n) is 3.28. The van der Waals surface area contributed by atoms with E-state index in [9.17, 15) is 9.59 Å². The van der Waals surface area contributed by atoms with Crippen molar-refractivity contribution >= 4 is 11.9 Å². The van der Waals surface area contributed by atoms with Gasteiger partial charge in [-0.1, -0.05) is 6.08 Å². The molecule has 0 aromatic carbocycles. The van der Waals surface area contributed by atoms with E-state index in [0.29, 0.717) is 0 Å². The molecule has 0 fully saturated rings. The van der Waals surface area contributed by atoms with Crippen LogP contribution in [0.2, 0.25) is 0 Å². The van der Waals surface area contributed by atoms with Crippen LogP contribution in [0.25, 0.3) is 0 Å². The van der Waals surface area contributed by atoms with Gasteiger partial charge in [0.25, 0.3) is 0 Å². The quantitative estimate of drug-likeness (QED) is 0.488. The third-order valence-corrected chi connectivity index (χ3v) is 1.38. The molecule has 0 amide bonds. The minimum atomic E-state index is -1.21. The van der Waals surface area contributed by atoms with E-state index in [1.807, 2.05) is 0 Å². The van der Waals surface area contributed by atoms with Crippen molar-refractivity contribution in [1.82, 2.24) is 0 Å². The number of carboxylic acids is 2. The lowest BCUT2D eigenvalue weighted by Gasteiger charge is -2.00. The Labute approximate surface area is 69.8 Å². The Hall–Kier alpha value is -1.58. The van der Waals surface area contributed by atoms with Crippen molar-refractivity contribution in [3.63, 3.8) is 0 Å². The Morgan fingerprint density at radius 2 is 1.83 bits per heavy atom. The summed E-state index contributed by atoms with van der Waals surface area (Å²) >= 11 is 0. The maximum absolute atomic E-state index is 10.5. The highest BCUT2D eigenvalue weighted by molar-refractivity contribution is 5.98. The maximum atomic E-state index is 10.5.